The molecule has 4 aromatic rings. The molecule has 8 heteroatoms. The van der Waals surface area contributed by atoms with Crippen LogP contribution in [0, 0.1) is 20.8 Å². The molecule has 0 spiro atoms. The molecule has 8 nitrogen and oxygen atoms in total. The van der Waals surface area contributed by atoms with Gasteiger partial charge >= 0.3 is 5.69 Å². The molecule has 0 saturated carbocycles. The summed E-state index contributed by atoms with van der Waals surface area (Å²) in [4.78, 5) is 31.2. The van der Waals surface area contributed by atoms with Crippen molar-refractivity contribution in [2.75, 3.05) is 0 Å². The average Bonchev–Trinajstić information content (AvgIpc) is 3.25. The number of aromatic nitrogens is 6. The zero-order chi connectivity index (χ0) is 21.7. The van der Waals surface area contributed by atoms with Crippen LogP contribution in [0.4, 0.5) is 0 Å². The minimum Gasteiger partial charge on any atom is -0.300 e. The number of imidazole rings is 1. The van der Waals surface area contributed by atoms with E-state index in [4.69, 9.17) is 0 Å². The molecule has 0 bridgehead atoms. The third kappa shape index (κ3) is 3.08. The van der Waals surface area contributed by atoms with E-state index in [0.717, 1.165) is 22.5 Å². The van der Waals surface area contributed by atoms with Crippen molar-refractivity contribution >= 4 is 11.2 Å². The molecule has 4 rings (SSSR count). The Morgan fingerprint density at radius 1 is 1.03 bits per heavy atom. The summed E-state index contributed by atoms with van der Waals surface area (Å²) in [6.45, 7) is 10.0. The van der Waals surface area contributed by atoms with Gasteiger partial charge in [0, 0.05) is 18.8 Å². The molecule has 0 amide bonds. The minimum atomic E-state index is -0.388. The maximum atomic E-state index is 13.5. The summed E-state index contributed by atoms with van der Waals surface area (Å²) in [5, 5.41) is 4.54. The maximum absolute atomic E-state index is 13.5. The lowest BCUT2D eigenvalue weighted by Crippen LogP contribution is -2.40. The van der Waals surface area contributed by atoms with Gasteiger partial charge in [0.1, 0.15) is 0 Å². The van der Waals surface area contributed by atoms with Crippen molar-refractivity contribution < 1.29 is 0 Å². The van der Waals surface area contributed by atoms with Crippen LogP contribution < -0.4 is 11.2 Å². The largest absolute Gasteiger partial charge is 0.332 e. The van der Waals surface area contributed by atoms with Gasteiger partial charge in [0.25, 0.3) is 5.56 Å². The Kier molecular flexibility index (Phi) is 4.72. The molecule has 156 valence electrons. The molecule has 0 radical (unpaired) electrons. The van der Waals surface area contributed by atoms with Gasteiger partial charge in [-0.1, -0.05) is 29.8 Å². The Morgan fingerprint density at radius 2 is 1.70 bits per heavy atom. The van der Waals surface area contributed by atoms with Crippen LogP contribution in [0.3, 0.4) is 0 Å². The van der Waals surface area contributed by atoms with Gasteiger partial charge in [-0.25, -0.2) is 9.48 Å². The topological polar surface area (TPSA) is 79.6 Å². The lowest BCUT2D eigenvalue weighted by molar-refractivity contribution is 0.577. The summed E-state index contributed by atoms with van der Waals surface area (Å²) in [6.07, 6.45) is 0. The summed E-state index contributed by atoms with van der Waals surface area (Å²) in [5.41, 5.74) is 3.83. The van der Waals surface area contributed by atoms with Gasteiger partial charge in [-0.2, -0.15) is 10.1 Å². The number of nitrogens with zero attached hydrogens (tertiary/aromatic N) is 6. The zero-order valence-corrected chi connectivity index (χ0v) is 18.2. The molecule has 3 heterocycles. The van der Waals surface area contributed by atoms with E-state index in [9.17, 15) is 9.59 Å². The van der Waals surface area contributed by atoms with Crippen LogP contribution in [0.1, 0.15) is 42.4 Å². The monoisotopic (exact) mass is 406 g/mol. The Balaban J connectivity index is 2.02. The Hall–Kier alpha value is -3.42. The highest BCUT2D eigenvalue weighted by molar-refractivity contribution is 5.73. The van der Waals surface area contributed by atoms with Crippen molar-refractivity contribution in [1.82, 2.24) is 28.5 Å². The van der Waals surface area contributed by atoms with E-state index < -0.39 is 0 Å². The predicted molar refractivity (Wildman–Crippen MR) is 116 cm³/mol. The summed E-state index contributed by atoms with van der Waals surface area (Å²) in [7, 11) is 1.65. The molecule has 0 aliphatic rings. The maximum Gasteiger partial charge on any atom is 0.332 e. The molecule has 0 N–H and O–H groups in total. The van der Waals surface area contributed by atoms with Gasteiger partial charge in [-0.15, -0.1) is 0 Å². The van der Waals surface area contributed by atoms with E-state index in [1.54, 1.807) is 11.7 Å². The third-order valence-electron chi connectivity index (χ3n) is 5.33. The third-order valence-corrected chi connectivity index (χ3v) is 5.33. The molecule has 3 aromatic heterocycles. The quantitative estimate of drug-likeness (QED) is 0.522. The number of hydrogen-bond donors (Lipinski definition) is 0. The Bertz CT molecular complexity index is 1370. The number of rotatable bonds is 4. The van der Waals surface area contributed by atoms with Crippen molar-refractivity contribution in [2.24, 2.45) is 7.05 Å². The first-order valence-electron chi connectivity index (χ1n) is 10.00. The van der Waals surface area contributed by atoms with E-state index in [0.29, 0.717) is 17.1 Å². The van der Waals surface area contributed by atoms with E-state index >= 15 is 0 Å². The number of aryl methyl sites for hydroxylation is 4. The second-order valence-electron chi connectivity index (χ2n) is 8.11. The Morgan fingerprint density at radius 3 is 2.27 bits per heavy atom. The smallest absolute Gasteiger partial charge is 0.300 e. The van der Waals surface area contributed by atoms with Gasteiger partial charge in [-0.05, 0) is 46.2 Å². The Labute approximate surface area is 174 Å². The number of benzene rings is 1. The molecule has 1 aromatic carbocycles. The van der Waals surface area contributed by atoms with Crippen LogP contribution in [0.15, 0.2) is 39.9 Å². The molecule has 0 aliphatic heterocycles. The molecule has 0 aliphatic carbocycles. The number of hydrogen-bond acceptors (Lipinski definition) is 4. The summed E-state index contributed by atoms with van der Waals surface area (Å²) < 4.78 is 6.31. The molecule has 0 atom stereocenters. The van der Waals surface area contributed by atoms with Crippen molar-refractivity contribution in [3.8, 4) is 5.95 Å². The van der Waals surface area contributed by atoms with E-state index in [2.05, 4.69) is 10.1 Å². The van der Waals surface area contributed by atoms with E-state index in [-0.39, 0.29) is 23.8 Å². The lowest BCUT2D eigenvalue weighted by atomic mass is 10.1. The second kappa shape index (κ2) is 7.12. The van der Waals surface area contributed by atoms with Crippen molar-refractivity contribution in [3.63, 3.8) is 0 Å². The van der Waals surface area contributed by atoms with Gasteiger partial charge < -0.3 is 0 Å². The molecule has 30 heavy (non-hydrogen) atoms. The summed E-state index contributed by atoms with van der Waals surface area (Å²) >= 11 is 0. The van der Waals surface area contributed by atoms with Crippen LogP contribution in [-0.4, -0.2) is 28.5 Å². The highest BCUT2D eigenvalue weighted by Crippen LogP contribution is 2.21. The second-order valence-corrected chi connectivity index (χ2v) is 8.11. The van der Waals surface area contributed by atoms with Gasteiger partial charge in [-0.3, -0.25) is 18.5 Å². The molecule has 0 fully saturated rings. The van der Waals surface area contributed by atoms with Crippen LogP contribution in [-0.2, 0) is 13.6 Å². The summed E-state index contributed by atoms with van der Waals surface area (Å²) in [6, 6.07) is 9.73. The SMILES string of the molecule is Cc1ccc(Cn2c(=O)c3c(nc(-n4nc(C)cc4C)n3C(C)C)n(C)c2=O)cc1. The fraction of sp³-hybridized carbons (Fsp3) is 0.364. The van der Waals surface area contributed by atoms with Crippen LogP contribution in [0.2, 0.25) is 0 Å². The summed E-state index contributed by atoms with van der Waals surface area (Å²) in [5.74, 6) is 0.533. The van der Waals surface area contributed by atoms with E-state index in [1.165, 1.54) is 9.13 Å². The standard InChI is InChI=1S/C22H26N6O2/c1-13(2)27-18-19(23-21(27)28-16(5)11-15(4)24-28)25(6)22(30)26(20(18)29)12-17-9-7-14(3)8-10-17/h7-11,13H,12H2,1-6H3. The highest BCUT2D eigenvalue weighted by Gasteiger charge is 2.24. The first-order valence-corrected chi connectivity index (χ1v) is 10.00. The van der Waals surface area contributed by atoms with Gasteiger partial charge in [0.15, 0.2) is 11.2 Å². The lowest BCUT2D eigenvalue weighted by Gasteiger charge is -2.14. The van der Waals surface area contributed by atoms with E-state index in [1.807, 2.05) is 69.5 Å². The predicted octanol–water partition coefficient (Wildman–Crippen LogP) is 2.64. The van der Waals surface area contributed by atoms with Crippen molar-refractivity contribution in [2.45, 2.75) is 47.2 Å². The molecular weight excluding hydrogens is 380 g/mol. The first-order chi connectivity index (χ1) is 14.2. The minimum absolute atomic E-state index is 0.0491. The van der Waals surface area contributed by atoms with Gasteiger partial charge in [0.05, 0.1) is 12.2 Å². The first kappa shape index (κ1) is 19.9. The highest BCUT2D eigenvalue weighted by atomic mass is 16.2. The van der Waals surface area contributed by atoms with Crippen LogP contribution in [0.25, 0.3) is 17.1 Å². The van der Waals surface area contributed by atoms with Crippen molar-refractivity contribution in [3.05, 3.63) is 73.7 Å². The molecule has 0 saturated heterocycles. The average molecular weight is 406 g/mol. The molecular formula is C22H26N6O2. The zero-order valence-electron chi connectivity index (χ0n) is 18.2. The van der Waals surface area contributed by atoms with Crippen LogP contribution >= 0.6 is 0 Å². The fourth-order valence-electron chi connectivity index (χ4n) is 3.81. The normalized spacial score (nSPS) is 11.7. The number of fused-ring (bicyclic) bond motifs is 1. The van der Waals surface area contributed by atoms with Crippen molar-refractivity contribution in [1.29, 1.82) is 0 Å². The fourth-order valence-corrected chi connectivity index (χ4v) is 3.81. The van der Waals surface area contributed by atoms with Gasteiger partial charge in [0.2, 0.25) is 5.95 Å². The van der Waals surface area contributed by atoms with Crippen LogP contribution in [0.5, 0.6) is 0 Å². The molecule has 0 unspecified atom stereocenters.